The number of amides is 3. The minimum Gasteiger partial charge on any atom is -0.394 e. The Morgan fingerprint density at radius 2 is 1.97 bits per heavy atom. The fraction of sp³-hybridized carbons (Fsp3) is 0.864. The zero-order valence-electron chi connectivity index (χ0n) is 18.8. The molecule has 8 nitrogen and oxygen atoms in total. The molecule has 0 aromatic carbocycles. The average Bonchev–Trinajstić information content (AvgIpc) is 3.30. The number of aliphatic hydroxyl groups is 1. The summed E-state index contributed by atoms with van der Waals surface area (Å²) in [6.07, 6.45) is 2.26. The Kier molecular flexibility index (Phi) is 6.77. The van der Waals surface area contributed by atoms with E-state index in [9.17, 15) is 19.5 Å². The highest BCUT2D eigenvalue weighted by Crippen LogP contribution is 2.58. The van der Waals surface area contributed by atoms with Crippen molar-refractivity contribution in [2.45, 2.75) is 90.1 Å². The van der Waals surface area contributed by atoms with Gasteiger partial charge < -0.3 is 25.4 Å². The van der Waals surface area contributed by atoms with E-state index >= 15 is 0 Å². The first-order valence-corrected chi connectivity index (χ1v) is 11.4. The van der Waals surface area contributed by atoms with Gasteiger partial charge in [0.1, 0.15) is 11.6 Å². The lowest BCUT2D eigenvalue weighted by atomic mass is 9.70. The minimum absolute atomic E-state index is 0.0927. The van der Waals surface area contributed by atoms with Crippen LogP contribution in [-0.2, 0) is 19.1 Å². The smallest absolute Gasteiger partial charge is 0.246 e. The third-order valence-corrected chi connectivity index (χ3v) is 6.62. The first kappa shape index (κ1) is 23.0. The third-order valence-electron chi connectivity index (χ3n) is 6.62. The molecule has 3 rings (SSSR count). The standard InChI is InChI=1S/C22H37N3O5/c1-6-9-23-19(27)16-15-7-8-22(30-15)17(16)21(29)25(14(11-26)10-12(2)3)18(22)20(28)24-13(4)5/h12-18,26H,6-11H2,1-5H3,(H,23,27)(H,24,28)/t14-,15+,16-,17+,18?,22?/m1/s1. The maximum atomic E-state index is 13.7. The lowest BCUT2D eigenvalue weighted by molar-refractivity contribution is -0.146. The van der Waals surface area contributed by atoms with E-state index < -0.39 is 29.5 Å². The maximum absolute atomic E-state index is 13.7. The van der Waals surface area contributed by atoms with E-state index in [0.717, 1.165) is 6.42 Å². The molecule has 6 atom stereocenters. The number of hydrogen-bond acceptors (Lipinski definition) is 5. The molecule has 3 saturated heterocycles. The molecule has 3 aliphatic rings. The van der Waals surface area contributed by atoms with Crippen LogP contribution in [0.2, 0.25) is 0 Å². The Morgan fingerprint density at radius 3 is 2.53 bits per heavy atom. The highest BCUT2D eigenvalue weighted by Gasteiger charge is 2.75. The monoisotopic (exact) mass is 423 g/mol. The minimum atomic E-state index is -1.00. The highest BCUT2D eigenvalue weighted by atomic mass is 16.5. The van der Waals surface area contributed by atoms with Gasteiger partial charge in [-0.2, -0.15) is 0 Å². The number of hydrogen-bond donors (Lipinski definition) is 3. The van der Waals surface area contributed by atoms with Crippen LogP contribution in [0.4, 0.5) is 0 Å². The van der Waals surface area contributed by atoms with Crippen LogP contribution in [0, 0.1) is 17.8 Å². The molecular weight excluding hydrogens is 386 g/mol. The highest BCUT2D eigenvalue weighted by molar-refractivity contribution is 5.99. The summed E-state index contributed by atoms with van der Waals surface area (Å²) in [5.41, 5.74) is -1.00. The van der Waals surface area contributed by atoms with Crippen LogP contribution in [0.25, 0.3) is 0 Å². The summed E-state index contributed by atoms with van der Waals surface area (Å²) in [5, 5.41) is 16.0. The molecule has 2 unspecified atom stereocenters. The van der Waals surface area contributed by atoms with Gasteiger partial charge in [0.2, 0.25) is 17.7 Å². The second-order valence-corrected chi connectivity index (χ2v) is 9.72. The van der Waals surface area contributed by atoms with Crippen LogP contribution < -0.4 is 10.6 Å². The molecule has 30 heavy (non-hydrogen) atoms. The summed E-state index contributed by atoms with van der Waals surface area (Å²) in [7, 11) is 0. The maximum Gasteiger partial charge on any atom is 0.246 e. The normalized spacial score (nSPS) is 33.3. The number of carbonyl (C=O) groups excluding carboxylic acids is 3. The Labute approximate surface area is 179 Å². The first-order chi connectivity index (χ1) is 14.2. The molecule has 1 spiro atoms. The molecule has 0 aromatic heterocycles. The second-order valence-electron chi connectivity index (χ2n) is 9.72. The van der Waals surface area contributed by atoms with Gasteiger partial charge in [-0.1, -0.05) is 20.8 Å². The molecule has 0 saturated carbocycles. The van der Waals surface area contributed by atoms with Gasteiger partial charge in [0.25, 0.3) is 0 Å². The molecule has 170 valence electrons. The molecule has 0 radical (unpaired) electrons. The van der Waals surface area contributed by atoms with E-state index in [1.165, 1.54) is 0 Å². The van der Waals surface area contributed by atoms with Crippen LogP contribution in [-0.4, -0.2) is 70.7 Å². The summed E-state index contributed by atoms with van der Waals surface area (Å²) in [4.78, 5) is 41.5. The van der Waals surface area contributed by atoms with Gasteiger partial charge in [0, 0.05) is 12.6 Å². The summed E-state index contributed by atoms with van der Waals surface area (Å²) in [5.74, 6) is -1.71. The van der Waals surface area contributed by atoms with Crippen LogP contribution in [0.5, 0.6) is 0 Å². The van der Waals surface area contributed by atoms with Crippen LogP contribution in [0.15, 0.2) is 0 Å². The number of rotatable bonds is 9. The van der Waals surface area contributed by atoms with Gasteiger partial charge in [-0.25, -0.2) is 0 Å². The Bertz CT molecular complexity index is 682. The lowest BCUT2D eigenvalue weighted by Gasteiger charge is -2.37. The molecule has 8 heteroatoms. The van der Waals surface area contributed by atoms with Crippen molar-refractivity contribution in [2.24, 2.45) is 17.8 Å². The fourth-order valence-electron chi connectivity index (χ4n) is 5.63. The van der Waals surface area contributed by atoms with Crippen LogP contribution in [0.1, 0.15) is 60.3 Å². The molecule has 3 N–H and O–H groups in total. The molecule has 0 aromatic rings. The predicted octanol–water partition coefficient (Wildman–Crippen LogP) is 0.819. The van der Waals surface area contributed by atoms with Crippen molar-refractivity contribution in [1.29, 1.82) is 0 Å². The molecule has 3 fully saturated rings. The van der Waals surface area contributed by atoms with E-state index in [1.807, 2.05) is 34.6 Å². The number of fused-ring (bicyclic) bond motifs is 1. The van der Waals surface area contributed by atoms with Crippen molar-refractivity contribution in [3.05, 3.63) is 0 Å². The number of ether oxygens (including phenoxy) is 1. The van der Waals surface area contributed by atoms with Crippen molar-refractivity contribution >= 4 is 17.7 Å². The van der Waals surface area contributed by atoms with Gasteiger partial charge in [-0.05, 0) is 45.4 Å². The predicted molar refractivity (Wildman–Crippen MR) is 111 cm³/mol. The largest absolute Gasteiger partial charge is 0.394 e. The van der Waals surface area contributed by atoms with Gasteiger partial charge in [-0.3, -0.25) is 14.4 Å². The number of carbonyl (C=O) groups is 3. The molecule has 0 aliphatic carbocycles. The van der Waals surface area contributed by atoms with Gasteiger partial charge in [0.15, 0.2) is 0 Å². The first-order valence-electron chi connectivity index (χ1n) is 11.4. The van der Waals surface area contributed by atoms with Crippen LogP contribution >= 0.6 is 0 Å². The topological polar surface area (TPSA) is 108 Å². The summed E-state index contributed by atoms with van der Waals surface area (Å²) in [6.45, 7) is 10.1. The molecule has 3 amide bonds. The van der Waals surface area contributed by atoms with E-state index in [2.05, 4.69) is 10.6 Å². The third kappa shape index (κ3) is 3.73. The van der Waals surface area contributed by atoms with Crippen molar-refractivity contribution < 1.29 is 24.2 Å². The number of nitrogens with one attached hydrogen (secondary N) is 2. The zero-order chi connectivity index (χ0) is 22.2. The second kappa shape index (κ2) is 8.83. The van der Waals surface area contributed by atoms with Gasteiger partial charge >= 0.3 is 0 Å². The Balaban J connectivity index is 2.01. The Morgan fingerprint density at radius 1 is 1.27 bits per heavy atom. The SMILES string of the molecule is CCCNC(=O)[C@@H]1[C@@H]2CCC3(O2)C(C(=O)NC(C)C)N([C@@H](CO)CC(C)C)C(=O)[C@H]13. The lowest BCUT2D eigenvalue weighted by Crippen LogP contribution is -2.59. The summed E-state index contributed by atoms with van der Waals surface area (Å²) < 4.78 is 6.35. The van der Waals surface area contributed by atoms with Crippen LogP contribution in [0.3, 0.4) is 0 Å². The molecular formula is C22H37N3O5. The van der Waals surface area contributed by atoms with Crippen molar-refractivity contribution in [3.63, 3.8) is 0 Å². The van der Waals surface area contributed by atoms with Crippen molar-refractivity contribution in [1.82, 2.24) is 15.5 Å². The zero-order valence-corrected chi connectivity index (χ0v) is 18.8. The van der Waals surface area contributed by atoms with Crippen molar-refractivity contribution in [2.75, 3.05) is 13.2 Å². The van der Waals surface area contributed by atoms with Crippen molar-refractivity contribution in [3.8, 4) is 0 Å². The Hall–Kier alpha value is -1.67. The summed E-state index contributed by atoms with van der Waals surface area (Å²) >= 11 is 0. The molecule has 2 bridgehead atoms. The van der Waals surface area contributed by atoms with Gasteiger partial charge in [0.05, 0.1) is 30.6 Å². The summed E-state index contributed by atoms with van der Waals surface area (Å²) in [6, 6.07) is -1.41. The van der Waals surface area contributed by atoms with E-state index in [-0.39, 0.29) is 42.4 Å². The number of likely N-dealkylation sites (tertiary alicyclic amines) is 1. The quantitative estimate of drug-likeness (QED) is 0.509. The molecule has 3 aliphatic heterocycles. The fourth-order valence-corrected chi connectivity index (χ4v) is 5.63. The molecule has 3 heterocycles. The average molecular weight is 424 g/mol. The van der Waals surface area contributed by atoms with E-state index in [1.54, 1.807) is 4.90 Å². The van der Waals surface area contributed by atoms with Gasteiger partial charge in [-0.15, -0.1) is 0 Å². The van der Waals surface area contributed by atoms with E-state index in [4.69, 9.17) is 4.74 Å². The number of aliphatic hydroxyl groups excluding tert-OH is 1. The van der Waals surface area contributed by atoms with E-state index in [0.29, 0.717) is 25.8 Å². The number of nitrogens with zero attached hydrogens (tertiary/aromatic N) is 1.